The van der Waals surface area contributed by atoms with Crippen molar-refractivity contribution in [2.24, 2.45) is 0 Å². The van der Waals surface area contributed by atoms with E-state index < -0.39 is 0 Å². The fourth-order valence-corrected chi connectivity index (χ4v) is 1.64. The van der Waals surface area contributed by atoms with Crippen LogP contribution < -0.4 is 0 Å². The second-order valence-corrected chi connectivity index (χ2v) is 3.92. The average molecular weight is 216 g/mol. The fourth-order valence-electron chi connectivity index (χ4n) is 1.64. The number of aliphatic hydroxyl groups is 1. The molecule has 1 aromatic heterocycles. The third-order valence-electron chi connectivity index (χ3n) is 2.65. The molecule has 1 heterocycles. The molecule has 1 aromatic carbocycles. The molecule has 0 aliphatic carbocycles. The highest BCUT2D eigenvalue weighted by Gasteiger charge is 2.04. The van der Waals surface area contributed by atoms with Gasteiger partial charge in [-0.2, -0.15) is 5.10 Å². The molecule has 0 unspecified atom stereocenters. The lowest BCUT2D eigenvalue weighted by Gasteiger charge is -2.08. The van der Waals surface area contributed by atoms with E-state index in [1.807, 2.05) is 55.1 Å². The zero-order valence-corrected chi connectivity index (χ0v) is 9.59. The molecule has 0 aliphatic heterocycles. The quantitative estimate of drug-likeness (QED) is 0.856. The number of hydrogen-bond donors (Lipinski definition) is 1. The molecular weight excluding hydrogens is 200 g/mol. The van der Waals surface area contributed by atoms with E-state index in [-0.39, 0.29) is 6.10 Å². The Morgan fingerprint density at radius 1 is 1.25 bits per heavy atom. The van der Waals surface area contributed by atoms with Crippen LogP contribution in [0.4, 0.5) is 0 Å². The van der Waals surface area contributed by atoms with Gasteiger partial charge in [0.2, 0.25) is 0 Å². The first-order valence-electron chi connectivity index (χ1n) is 5.51. The summed E-state index contributed by atoms with van der Waals surface area (Å²) in [5, 5.41) is 14.0. The van der Waals surface area contributed by atoms with Crippen molar-refractivity contribution in [1.29, 1.82) is 0 Å². The number of nitrogens with zero attached hydrogens (tertiary/aromatic N) is 2. The van der Waals surface area contributed by atoms with Crippen LogP contribution in [0.2, 0.25) is 0 Å². The van der Waals surface area contributed by atoms with Crippen LogP contribution in [-0.2, 0) is 0 Å². The highest BCUT2D eigenvalue weighted by atomic mass is 16.3. The largest absolute Gasteiger partial charge is 0.388 e. The van der Waals surface area contributed by atoms with Crippen LogP contribution in [0.1, 0.15) is 30.7 Å². The summed E-state index contributed by atoms with van der Waals surface area (Å²) in [6.07, 6.45) is 2.30. The van der Waals surface area contributed by atoms with Crippen LogP contribution in [0.25, 0.3) is 5.69 Å². The molecule has 0 saturated heterocycles. The molecule has 0 aliphatic rings. The van der Waals surface area contributed by atoms with Crippen LogP contribution in [0.15, 0.2) is 36.5 Å². The zero-order valence-electron chi connectivity index (χ0n) is 9.59. The van der Waals surface area contributed by atoms with Crippen molar-refractivity contribution < 1.29 is 5.11 Å². The summed E-state index contributed by atoms with van der Waals surface area (Å²) < 4.78 is 1.83. The van der Waals surface area contributed by atoms with Gasteiger partial charge in [0.1, 0.15) is 0 Å². The lowest BCUT2D eigenvalue weighted by Crippen LogP contribution is -1.98. The van der Waals surface area contributed by atoms with Gasteiger partial charge in [-0.3, -0.25) is 0 Å². The molecule has 0 spiro atoms. The molecule has 0 fully saturated rings. The second-order valence-electron chi connectivity index (χ2n) is 3.92. The summed E-state index contributed by atoms with van der Waals surface area (Å²) in [5.41, 5.74) is 2.97. The van der Waals surface area contributed by atoms with Gasteiger partial charge in [-0.15, -0.1) is 0 Å². The van der Waals surface area contributed by atoms with Gasteiger partial charge in [0, 0.05) is 6.20 Å². The Kier molecular flexibility index (Phi) is 3.06. The molecule has 0 saturated carbocycles. The smallest absolute Gasteiger partial charge is 0.0787 e. The van der Waals surface area contributed by atoms with Crippen molar-refractivity contribution in [3.05, 3.63) is 47.8 Å². The van der Waals surface area contributed by atoms with E-state index in [0.29, 0.717) is 0 Å². The minimum absolute atomic E-state index is 0.367. The number of hydrogen-bond acceptors (Lipinski definition) is 2. The number of rotatable bonds is 3. The fraction of sp³-hybridized carbons (Fsp3) is 0.308. The first kappa shape index (κ1) is 10.9. The van der Waals surface area contributed by atoms with Crippen LogP contribution in [0.3, 0.4) is 0 Å². The van der Waals surface area contributed by atoms with E-state index in [1.54, 1.807) is 0 Å². The Morgan fingerprint density at radius 2 is 1.94 bits per heavy atom. The monoisotopic (exact) mass is 216 g/mol. The van der Waals surface area contributed by atoms with Gasteiger partial charge in [0.05, 0.1) is 17.5 Å². The Balaban J connectivity index is 2.25. The topological polar surface area (TPSA) is 38.0 Å². The number of aromatic nitrogens is 2. The molecule has 16 heavy (non-hydrogen) atoms. The van der Waals surface area contributed by atoms with Crippen LogP contribution in [0.5, 0.6) is 0 Å². The molecule has 84 valence electrons. The van der Waals surface area contributed by atoms with Gasteiger partial charge in [-0.25, -0.2) is 4.68 Å². The summed E-state index contributed by atoms with van der Waals surface area (Å²) >= 11 is 0. The third-order valence-corrected chi connectivity index (χ3v) is 2.65. The standard InChI is InChI=1S/C13H16N2O/c1-3-13(16)11-4-6-12(7-5-11)15-9-8-10(2)14-15/h4-9,13,16H,3H2,1-2H3/t13-/m1/s1. The zero-order chi connectivity index (χ0) is 11.5. The van der Waals surface area contributed by atoms with Crippen molar-refractivity contribution in [2.75, 3.05) is 0 Å². The average Bonchev–Trinajstić information content (AvgIpc) is 2.75. The Morgan fingerprint density at radius 3 is 2.44 bits per heavy atom. The number of benzene rings is 1. The van der Waals surface area contributed by atoms with Crippen molar-refractivity contribution in [3.8, 4) is 5.69 Å². The Hall–Kier alpha value is -1.61. The van der Waals surface area contributed by atoms with Gasteiger partial charge in [-0.05, 0) is 37.1 Å². The Bertz CT molecular complexity index is 459. The van der Waals surface area contributed by atoms with E-state index in [0.717, 1.165) is 23.4 Å². The highest BCUT2D eigenvalue weighted by Crippen LogP contribution is 2.17. The summed E-state index contributed by atoms with van der Waals surface area (Å²) in [7, 11) is 0. The molecular formula is C13H16N2O. The summed E-state index contributed by atoms with van der Waals surface area (Å²) in [6.45, 7) is 3.93. The van der Waals surface area contributed by atoms with Gasteiger partial charge in [0.15, 0.2) is 0 Å². The van der Waals surface area contributed by atoms with Gasteiger partial charge in [0.25, 0.3) is 0 Å². The van der Waals surface area contributed by atoms with Crippen molar-refractivity contribution in [2.45, 2.75) is 26.4 Å². The molecule has 0 amide bonds. The summed E-state index contributed by atoms with van der Waals surface area (Å²) in [6, 6.07) is 9.80. The molecule has 0 bridgehead atoms. The lowest BCUT2D eigenvalue weighted by molar-refractivity contribution is 0.173. The first-order chi connectivity index (χ1) is 7.70. The maximum atomic E-state index is 9.67. The molecule has 1 N–H and O–H groups in total. The van der Waals surface area contributed by atoms with E-state index in [4.69, 9.17) is 0 Å². The normalized spacial score (nSPS) is 12.7. The SMILES string of the molecule is CC[C@@H](O)c1ccc(-n2ccc(C)n2)cc1. The predicted octanol–water partition coefficient (Wildman–Crippen LogP) is 2.62. The van der Waals surface area contributed by atoms with Crippen LogP contribution in [0, 0.1) is 6.92 Å². The number of aryl methyl sites for hydroxylation is 1. The van der Waals surface area contributed by atoms with E-state index in [9.17, 15) is 5.11 Å². The lowest BCUT2D eigenvalue weighted by atomic mass is 10.1. The molecule has 3 heteroatoms. The van der Waals surface area contributed by atoms with Crippen molar-refractivity contribution in [3.63, 3.8) is 0 Å². The number of aliphatic hydroxyl groups excluding tert-OH is 1. The van der Waals surface area contributed by atoms with Gasteiger partial charge < -0.3 is 5.11 Å². The molecule has 0 radical (unpaired) electrons. The van der Waals surface area contributed by atoms with E-state index in [1.165, 1.54) is 0 Å². The predicted molar refractivity (Wildman–Crippen MR) is 63.6 cm³/mol. The Labute approximate surface area is 95.3 Å². The molecule has 2 rings (SSSR count). The van der Waals surface area contributed by atoms with Crippen LogP contribution >= 0.6 is 0 Å². The maximum Gasteiger partial charge on any atom is 0.0787 e. The molecule has 1 atom stereocenters. The highest BCUT2D eigenvalue weighted by molar-refractivity contribution is 5.34. The minimum atomic E-state index is -0.367. The first-order valence-corrected chi connectivity index (χ1v) is 5.51. The maximum absolute atomic E-state index is 9.67. The van der Waals surface area contributed by atoms with Crippen LogP contribution in [-0.4, -0.2) is 14.9 Å². The van der Waals surface area contributed by atoms with Crippen molar-refractivity contribution >= 4 is 0 Å². The minimum Gasteiger partial charge on any atom is -0.388 e. The second kappa shape index (κ2) is 4.49. The third kappa shape index (κ3) is 2.14. The van der Waals surface area contributed by atoms with Crippen molar-refractivity contribution in [1.82, 2.24) is 9.78 Å². The molecule has 3 nitrogen and oxygen atoms in total. The summed E-state index contributed by atoms with van der Waals surface area (Å²) in [4.78, 5) is 0. The van der Waals surface area contributed by atoms with Gasteiger partial charge >= 0.3 is 0 Å². The summed E-state index contributed by atoms with van der Waals surface area (Å²) in [5.74, 6) is 0. The van der Waals surface area contributed by atoms with Gasteiger partial charge in [-0.1, -0.05) is 19.1 Å². The van der Waals surface area contributed by atoms with E-state index >= 15 is 0 Å². The molecule has 2 aromatic rings. The van der Waals surface area contributed by atoms with E-state index in [2.05, 4.69) is 5.10 Å².